The molecule has 5 heteroatoms. The molecule has 1 amide bonds. The number of carbonyl (C=O) groups is 1. The van der Waals surface area contributed by atoms with E-state index in [2.05, 4.69) is 16.9 Å². The number of hydrogen-bond donors (Lipinski definition) is 1. The van der Waals surface area contributed by atoms with Crippen LogP contribution < -0.4 is 5.32 Å². The van der Waals surface area contributed by atoms with Crippen molar-refractivity contribution in [1.29, 1.82) is 0 Å². The SMILES string of the molecule is CCn1nc(C(=O)N2CCCCC2)c2c1CCC(NCC1CC1)C2. The van der Waals surface area contributed by atoms with Gasteiger partial charge in [-0.1, -0.05) is 0 Å². The van der Waals surface area contributed by atoms with Gasteiger partial charge in [0.15, 0.2) is 5.69 Å². The van der Waals surface area contributed by atoms with Crippen LogP contribution >= 0.6 is 0 Å². The van der Waals surface area contributed by atoms with Crippen LogP contribution in [0.2, 0.25) is 0 Å². The van der Waals surface area contributed by atoms with Crippen molar-refractivity contribution < 1.29 is 4.79 Å². The quantitative estimate of drug-likeness (QED) is 0.902. The number of fused-ring (bicyclic) bond motifs is 1. The third kappa shape index (κ3) is 3.23. The first-order valence-corrected chi connectivity index (χ1v) is 9.87. The molecule has 1 N–H and O–H groups in total. The average Bonchev–Trinajstić information content (AvgIpc) is 3.39. The minimum absolute atomic E-state index is 0.168. The molecule has 1 aromatic rings. The molecule has 2 aliphatic carbocycles. The number of carbonyl (C=O) groups excluding carboxylic acids is 1. The number of piperidine rings is 1. The fraction of sp³-hybridized carbons (Fsp3) is 0.789. The second kappa shape index (κ2) is 6.87. The van der Waals surface area contributed by atoms with Crippen LogP contribution in [0.15, 0.2) is 0 Å². The molecule has 4 rings (SSSR count). The second-order valence-corrected chi connectivity index (χ2v) is 7.73. The Hall–Kier alpha value is -1.36. The summed E-state index contributed by atoms with van der Waals surface area (Å²) in [5.74, 6) is 1.07. The van der Waals surface area contributed by atoms with Crippen LogP contribution in [0.4, 0.5) is 0 Å². The van der Waals surface area contributed by atoms with Crippen LogP contribution in [0.1, 0.15) is 67.2 Å². The molecule has 0 bridgehead atoms. The maximum absolute atomic E-state index is 13.0. The van der Waals surface area contributed by atoms with E-state index < -0.39 is 0 Å². The molecule has 132 valence electrons. The number of hydrogen-bond acceptors (Lipinski definition) is 3. The lowest BCUT2D eigenvalue weighted by molar-refractivity contribution is 0.0716. The van der Waals surface area contributed by atoms with Crippen LogP contribution in [0.3, 0.4) is 0 Å². The molecule has 5 nitrogen and oxygen atoms in total. The van der Waals surface area contributed by atoms with Crippen molar-refractivity contribution in [2.75, 3.05) is 19.6 Å². The Balaban J connectivity index is 1.53. The van der Waals surface area contributed by atoms with Crippen molar-refractivity contribution in [3.63, 3.8) is 0 Å². The third-order valence-corrected chi connectivity index (χ3v) is 5.88. The van der Waals surface area contributed by atoms with Crippen molar-refractivity contribution in [1.82, 2.24) is 20.0 Å². The second-order valence-electron chi connectivity index (χ2n) is 7.73. The molecule has 2 heterocycles. The predicted molar refractivity (Wildman–Crippen MR) is 94.2 cm³/mol. The highest BCUT2D eigenvalue weighted by atomic mass is 16.2. The Kier molecular flexibility index (Phi) is 4.61. The van der Waals surface area contributed by atoms with Crippen molar-refractivity contribution in [3.05, 3.63) is 17.0 Å². The van der Waals surface area contributed by atoms with Crippen LogP contribution in [0.5, 0.6) is 0 Å². The number of nitrogens with one attached hydrogen (secondary N) is 1. The molecule has 1 saturated heterocycles. The highest BCUT2D eigenvalue weighted by Gasteiger charge is 2.32. The van der Waals surface area contributed by atoms with Gasteiger partial charge in [-0.3, -0.25) is 9.48 Å². The highest BCUT2D eigenvalue weighted by molar-refractivity contribution is 5.94. The zero-order valence-electron chi connectivity index (χ0n) is 14.9. The van der Waals surface area contributed by atoms with Gasteiger partial charge in [0.05, 0.1) is 0 Å². The minimum Gasteiger partial charge on any atom is -0.337 e. The number of rotatable bonds is 5. The van der Waals surface area contributed by atoms with E-state index in [1.54, 1.807) is 0 Å². The van der Waals surface area contributed by atoms with E-state index in [9.17, 15) is 4.79 Å². The molecule has 1 aliphatic heterocycles. The van der Waals surface area contributed by atoms with Gasteiger partial charge in [0, 0.05) is 36.9 Å². The zero-order valence-corrected chi connectivity index (χ0v) is 14.9. The number of likely N-dealkylation sites (tertiary alicyclic amines) is 1. The van der Waals surface area contributed by atoms with Gasteiger partial charge in [-0.15, -0.1) is 0 Å². The molecule has 24 heavy (non-hydrogen) atoms. The van der Waals surface area contributed by atoms with Crippen LogP contribution in [-0.4, -0.2) is 46.3 Å². The zero-order chi connectivity index (χ0) is 16.5. The summed E-state index contributed by atoms with van der Waals surface area (Å²) in [7, 11) is 0. The van der Waals surface area contributed by atoms with Gasteiger partial charge in [-0.25, -0.2) is 0 Å². The molecule has 1 unspecified atom stereocenters. The lowest BCUT2D eigenvalue weighted by Gasteiger charge is -2.27. The van der Waals surface area contributed by atoms with E-state index in [4.69, 9.17) is 5.10 Å². The Morgan fingerprint density at radius 3 is 2.71 bits per heavy atom. The highest BCUT2D eigenvalue weighted by Crippen LogP contribution is 2.30. The Labute approximate surface area is 144 Å². The summed E-state index contributed by atoms with van der Waals surface area (Å²) in [6, 6.07) is 0.514. The third-order valence-electron chi connectivity index (χ3n) is 5.88. The number of nitrogens with zero attached hydrogens (tertiary/aromatic N) is 3. The van der Waals surface area contributed by atoms with Gasteiger partial charge < -0.3 is 10.2 Å². The average molecular weight is 330 g/mol. The van der Waals surface area contributed by atoms with Gasteiger partial charge in [0.25, 0.3) is 5.91 Å². The molecule has 0 spiro atoms. The van der Waals surface area contributed by atoms with Crippen molar-refractivity contribution in [2.24, 2.45) is 5.92 Å². The maximum atomic E-state index is 13.0. The van der Waals surface area contributed by atoms with E-state index in [0.29, 0.717) is 6.04 Å². The molecule has 1 saturated carbocycles. The van der Waals surface area contributed by atoms with Crippen LogP contribution in [0, 0.1) is 5.92 Å². The first-order valence-electron chi connectivity index (χ1n) is 9.87. The molecule has 0 aromatic carbocycles. The van der Waals surface area contributed by atoms with Gasteiger partial charge in [-0.2, -0.15) is 5.10 Å². The molecular weight excluding hydrogens is 300 g/mol. The summed E-state index contributed by atoms with van der Waals surface area (Å²) in [5, 5.41) is 8.46. The monoisotopic (exact) mass is 330 g/mol. The Morgan fingerprint density at radius 1 is 1.21 bits per heavy atom. The topological polar surface area (TPSA) is 50.2 Å². The molecule has 0 radical (unpaired) electrons. The van der Waals surface area contributed by atoms with Crippen molar-refractivity contribution in [3.8, 4) is 0 Å². The molecule has 3 aliphatic rings. The summed E-state index contributed by atoms with van der Waals surface area (Å²) >= 11 is 0. The van der Waals surface area contributed by atoms with Gasteiger partial charge in [-0.05, 0) is 70.8 Å². The summed E-state index contributed by atoms with van der Waals surface area (Å²) < 4.78 is 2.07. The fourth-order valence-electron chi connectivity index (χ4n) is 4.20. The Bertz CT molecular complexity index is 599. The number of aryl methyl sites for hydroxylation is 1. The first kappa shape index (κ1) is 16.1. The van der Waals surface area contributed by atoms with Gasteiger partial charge in [0.2, 0.25) is 0 Å². The summed E-state index contributed by atoms with van der Waals surface area (Å²) in [6.07, 6.45) is 9.47. The maximum Gasteiger partial charge on any atom is 0.274 e. The van der Waals surface area contributed by atoms with Gasteiger partial charge >= 0.3 is 0 Å². The van der Waals surface area contributed by atoms with Crippen molar-refractivity contribution >= 4 is 5.91 Å². The molecule has 2 fully saturated rings. The Morgan fingerprint density at radius 2 is 2.00 bits per heavy atom. The minimum atomic E-state index is 0.168. The largest absolute Gasteiger partial charge is 0.337 e. The lowest BCUT2D eigenvalue weighted by Crippen LogP contribution is -2.38. The fourth-order valence-corrected chi connectivity index (χ4v) is 4.20. The summed E-state index contributed by atoms with van der Waals surface area (Å²) in [6.45, 7) is 5.93. The molecule has 1 aromatic heterocycles. The van der Waals surface area contributed by atoms with E-state index in [1.807, 2.05) is 4.90 Å². The van der Waals surface area contributed by atoms with Crippen LogP contribution in [0.25, 0.3) is 0 Å². The number of amides is 1. The van der Waals surface area contributed by atoms with E-state index in [1.165, 1.54) is 36.9 Å². The van der Waals surface area contributed by atoms with Crippen LogP contribution in [-0.2, 0) is 19.4 Å². The molecule has 1 atom stereocenters. The summed E-state index contributed by atoms with van der Waals surface area (Å²) in [4.78, 5) is 15.0. The van der Waals surface area contributed by atoms with Gasteiger partial charge in [0.1, 0.15) is 0 Å². The smallest absolute Gasteiger partial charge is 0.274 e. The van der Waals surface area contributed by atoms with E-state index in [0.717, 1.165) is 63.5 Å². The standard InChI is InChI=1S/C19H30N4O/c1-2-23-17-9-8-15(20-13-14-6-7-14)12-16(17)18(21-23)19(24)22-10-4-3-5-11-22/h14-15,20H,2-13H2,1H3. The molecular formula is C19H30N4O. The number of aromatic nitrogens is 2. The summed E-state index contributed by atoms with van der Waals surface area (Å²) in [5.41, 5.74) is 3.28. The van der Waals surface area contributed by atoms with E-state index >= 15 is 0 Å². The normalized spacial score (nSPS) is 24.0. The van der Waals surface area contributed by atoms with Crippen molar-refractivity contribution in [2.45, 2.75) is 70.9 Å². The predicted octanol–water partition coefficient (Wildman–Crippen LogP) is 2.39. The van der Waals surface area contributed by atoms with E-state index in [-0.39, 0.29) is 5.91 Å². The first-order chi connectivity index (χ1) is 11.8. The lowest BCUT2D eigenvalue weighted by atomic mass is 9.90.